The van der Waals surface area contributed by atoms with Crippen molar-refractivity contribution in [3.63, 3.8) is 0 Å². The van der Waals surface area contributed by atoms with Gasteiger partial charge in [0, 0.05) is 11.6 Å². The van der Waals surface area contributed by atoms with E-state index in [1.165, 1.54) is 13.8 Å². The number of carbonyl (C=O) groups is 1. The van der Waals surface area contributed by atoms with E-state index in [0.717, 1.165) is 5.39 Å². The first-order valence-electron chi connectivity index (χ1n) is 5.27. The lowest BCUT2D eigenvalue weighted by Gasteiger charge is -2.15. The maximum atomic E-state index is 11.6. The summed E-state index contributed by atoms with van der Waals surface area (Å²) in [7, 11) is 0. The molecule has 0 saturated carbocycles. The van der Waals surface area contributed by atoms with Crippen LogP contribution in [0.1, 0.15) is 13.8 Å². The van der Waals surface area contributed by atoms with E-state index < -0.39 is 11.6 Å². The van der Waals surface area contributed by atoms with E-state index in [1.807, 2.05) is 18.2 Å². The highest BCUT2D eigenvalue weighted by atomic mass is 16.6. The van der Waals surface area contributed by atoms with Crippen LogP contribution in [0.15, 0.2) is 36.5 Å². The Kier molecular flexibility index (Phi) is 2.81. The highest BCUT2D eigenvalue weighted by Gasteiger charge is 2.26. The third-order valence-electron chi connectivity index (χ3n) is 2.30. The molecule has 1 N–H and O–H groups in total. The van der Waals surface area contributed by atoms with Crippen LogP contribution in [0.2, 0.25) is 0 Å². The summed E-state index contributed by atoms with van der Waals surface area (Å²) in [6.07, 6.45) is 1.63. The quantitative estimate of drug-likeness (QED) is 0.633. The van der Waals surface area contributed by atoms with Crippen LogP contribution >= 0.6 is 0 Å². The number of fused-ring (bicyclic) bond motifs is 1. The van der Waals surface area contributed by atoms with Gasteiger partial charge in [-0.3, -0.25) is 4.98 Å². The lowest BCUT2D eigenvalue weighted by atomic mass is 10.1. The third kappa shape index (κ3) is 2.42. The first-order chi connectivity index (χ1) is 7.98. The number of hydrogen-bond donors (Lipinski definition) is 1. The molecule has 0 atom stereocenters. The second-order valence-corrected chi connectivity index (χ2v) is 4.28. The number of aromatic nitrogens is 1. The second kappa shape index (κ2) is 4.14. The van der Waals surface area contributed by atoms with Gasteiger partial charge in [0.1, 0.15) is 5.52 Å². The molecule has 0 amide bonds. The van der Waals surface area contributed by atoms with Crippen molar-refractivity contribution in [1.29, 1.82) is 0 Å². The predicted molar refractivity (Wildman–Crippen MR) is 63.7 cm³/mol. The van der Waals surface area contributed by atoms with Crippen LogP contribution in [-0.2, 0) is 4.79 Å². The Hall–Kier alpha value is -1.94. The molecule has 0 saturated heterocycles. The molecule has 0 aliphatic heterocycles. The molecule has 4 nitrogen and oxygen atoms in total. The maximum absolute atomic E-state index is 11.6. The first-order valence-corrected chi connectivity index (χ1v) is 5.27. The van der Waals surface area contributed by atoms with Crippen LogP contribution in [0, 0.1) is 0 Å². The Morgan fingerprint density at radius 2 is 2.00 bits per heavy atom. The van der Waals surface area contributed by atoms with Crippen LogP contribution in [0.3, 0.4) is 0 Å². The molecule has 0 aliphatic rings. The molecule has 1 aromatic heterocycles. The first kappa shape index (κ1) is 11.5. The van der Waals surface area contributed by atoms with Crippen molar-refractivity contribution in [2.24, 2.45) is 0 Å². The van der Waals surface area contributed by atoms with Gasteiger partial charge in [-0.2, -0.15) is 0 Å². The number of para-hydroxylation sites is 1. The van der Waals surface area contributed by atoms with Crippen LogP contribution in [-0.4, -0.2) is 21.7 Å². The zero-order chi connectivity index (χ0) is 12.5. The molecule has 0 spiro atoms. The summed E-state index contributed by atoms with van der Waals surface area (Å²) < 4.78 is 5.14. The summed E-state index contributed by atoms with van der Waals surface area (Å²) in [4.78, 5) is 15.7. The summed E-state index contributed by atoms with van der Waals surface area (Å²) in [6.45, 7) is 2.77. The van der Waals surface area contributed by atoms with E-state index in [2.05, 4.69) is 4.98 Å². The topological polar surface area (TPSA) is 59.4 Å². The lowest BCUT2D eigenvalue weighted by Crippen LogP contribution is -2.35. The van der Waals surface area contributed by atoms with Crippen molar-refractivity contribution in [3.8, 4) is 5.75 Å². The number of nitrogens with zero attached hydrogens (tertiary/aromatic N) is 1. The summed E-state index contributed by atoms with van der Waals surface area (Å²) in [6, 6.07) is 8.99. The van der Waals surface area contributed by atoms with Crippen LogP contribution in [0.5, 0.6) is 5.75 Å². The van der Waals surface area contributed by atoms with Crippen molar-refractivity contribution < 1.29 is 14.6 Å². The Bertz CT molecular complexity index is 553. The molecule has 0 bridgehead atoms. The molecular weight excluding hydrogens is 218 g/mol. The average Bonchev–Trinajstić information content (AvgIpc) is 2.28. The number of esters is 1. The fourth-order valence-electron chi connectivity index (χ4n) is 1.38. The molecule has 0 fully saturated rings. The van der Waals surface area contributed by atoms with Crippen molar-refractivity contribution in [2.75, 3.05) is 0 Å². The van der Waals surface area contributed by atoms with E-state index in [4.69, 9.17) is 4.74 Å². The highest BCUT2D eigenvalue weighted by molar-refractivity contribution is 5.88. The molecule has 88 valence electrons. The standard InChI is InChI=1S/C13H13NO3/c1-13(2,16)12(15)17-10-7-3-5-9-6-4-8-14-11(9)10/h3-8,16H,1-2H3. The fourth-order valence-corrected chi connectivity index (χ4v) is 1.38. The Balaban J connectivity index is 2.40. The zero-order valence-corrected chi connectivity index (χ0v) is 9.68. The number of hydrogen-bond acceptors (Lipinski definition) is 4. The molecular formula is C13H13NO3. The van der Waals surface area contributed by atoms with Crippen molar-refractivity contribution in [2.45, 2.75) is 19.4 Å². The molecule has 0 unspecified atom stereocenters. The van der Waals surface area contributed by atoms with Gasteiger partial charge in [0.15, 0.2) is 11.4 Å². The van der Waals surface area contributed by atoms with Crippen LogP contribution < -0.4 is 4.74 Å². The fraction of sp³-hybridized carbons (Fsp3) is 0.231. The molecule has 4 heteroatoms. The van der Waals surface area contributed by atoms with Gasteiger partial charge in [0.05, 0.1) is 0 Å². The molecule has 0 aliphatic carbocycles. The van der Waals surface area contributed by atoms with Gasteiger partial charge in [0.25, 0.3) is 0 Å². The number of benzene rings is 1. The Morgan fingerprint density at radius 3 is 2.71 bits per heavy atom. The second-order valence-electron chi connectivity index (χ2n) is 4.28. The maximum Gasteiger partial charge on any atom is 0.342 e. The van der Waals surface area contributed by atoms with Gasteiger partial charge in [-0.05, 0) is 26.0 Å². The predicted octanol–water partition coefficient (Wildman–Crippen LogP) is 1.91. The van der Waals surface area contributed by atoms with Gasteiger partial charge in [-0.1, -0.05) is 18.2 Å². The summed E-state index contributed by atoms with van der Waals surface area (Å²) in [5.74, 6) is -0.342. The normalized spacial score (nSPS) is 11.5. The molecule has 2 rings (SSSR count). The monoisotopic (exact) mass is 231 g/mol. The number of rotatable bonds is 2. The van der Waals surface area contributed by atoms with Crippen LogP contribution in [0.4, 0.5) is 0 Å². The third-order valence-corrected chi connectivity index (χ3v) is 2.30. The summed E-state index contributed by atoms with van der Waals surface area (Å²) in [5, 5.41) is 10.4. The average molecular weight is 231 g/mol. The number of pyridine rings is 1. The van der Waals surface area contributed by atoms with Crippen molar-refractivity contribution in [3.05, 3.63) is 36.5 Å². The highest BCUT2D eigenvalue weighted by Crippen LogP contribution is 2.24. The van der Waals surface area contributed by atoms with E-state index in [9.17, 15) is 9.90 Å². The number of ether oxygens (including phenoxy) is 1. The largest absolute Gasteiger partial charge is 0.422 e. The minimum absolute atomic E-state index is 0.357. The Labute approximate surface area is 98.9 Å². The molecule has 17 heavy (non-hydrogen) atoms. The molecule has 0 radical (unpaired) electrons. The minimum Gasteiger partial charge on any atom is -0.422 e. The number of carbonyl (C=O) groups excluding carboxylic acids is 1. The number of aliphatic hydroxyl groups is 1. The van der Waals surface area contributed by atoms with E-state index in [-0.39, 0.29) is 0 Å². The van der Waals surface area contributed by atoms with E-state index >= 15 is 0 Å². The zero-order valence-electron chi connectivity index (χ0n) is 9.68. The summed E-state index contributed by atoms with van der Waals surface area (Å²) in [5.41, 5.74) is -0.913. The van der Waals surface area contributed by atoms with Gasteiger partial charge in [-0.15, -0.1) is 0 Å². The van der Waals surface area contributed by atoms with Gasteiger partial charge in [0.2, 0.25) is 0 Å². The van der Waals surface area contributed by atoms with E-state index in [0.29, 0.717) is 11.3 Å². The van der Waals surface area contributed by atoms with Crippen molar-refractivity contribution >= 4 is 16.9 Å². The van der Waals surface area contributed by atoms with Gasteiger partial charge in [-0.25, -0.2) is 4.79 Å². The molecule has 1 heterocycles. The minimum atomic E-state index is -1.52. The molecule has 2 aromatic rings. The van der Waals surface area contributed by atoms with Crippen molar-refractivity contribution in [1.82, 2.24) is 4.98 Å². The summed E-state index contributed by atoms with van der Waals surface area (Å²) >= 11 is 0. The van der Waals surface area contributed by atoms with Gasteiger partial charge < -0.3 is 9.84 Å². The Morgan fingerprint density at radius 1 is 1.29 bits per heavy atom. The van der Waals surface area contributed by atoms with E-state index in [1.54, 1.807) is 18.3 Å². The SMILES string of the molecule is CC(C)(O)C(=O)Oc1cccc2cccnc12. The van der Waals surface area contributed by atoms with Gasteiger partial charge >= 0.3 is 5.97 Å². The lowest BCUT2D eigenvalue weighted by molar-refractivity contribution is -0.151. The smallest absolute Gasteiger partial charge is 0.342 e. The van der Waals surface area contributed by atoms with Crippen LogP contribution in [0.25, 0.3) is 10.9 Å². The molecule has 1 aromatic carbocycles.